The third kappa shape index (κ3) is 5.39. The fourth-order valence-corrected chi connectivity index (χ4v) is 7.48. The molecule has 7 heteroatoms. The van der Waals surface area contributed by atoms with Crippen molar-refractivity contribution in [3.63, 3.8) is 0 Å². The summed E-state index contributed by atoms with van der Waals surface area (Å²) >= 11 is 0. The summed E-state index contributed by atoms with van der Waals surface area (Å²) in [5, 5.41) is 22.9. The van der Waals surface area contributed by atoms with Crippen LogP contribution in [0.2, 0.25) is 0 Å². The molecule has 0 unspecified atom stereocenters. The number of aliphatic hydroxyl groups excluding tert-OH is 1. The Morgan fingerprint density at radius 2 is 1.78 bits per heavy atom. The number of rotatable bonds is 7. The lowest BCUT2D eigenvalue weighted by Gasteiger charge is -2.55. The number of ether oxygens (including phenoxy) is 3. The van der Waals surface area contributed by atoms with Gasteiger partial charge < -0.3 is 24.4 Å². The van der Waals surface area contributed by atoms with Crippen LogP contribution in [0.1, 0.15) is 93.4 Å². The second-order valence-corrected chi connectivity index (χ2v) is 12.2. The van der Waals surface area contributed by atoms with E-state index in [0.717, 1.165) is 0 Å². The molecule has 0 aromatic rings. The smallest absolute Gasteiger partial charge is 0.306 e. The van der Waals surface area contributed by atoms with E-state index in [1.807, 2.05) is 20.8 Å². The highest BCUT2D eigenvalue weighted by molar-refractivity contribution is 5.70. The van der Waals surface area contributed by atoms with E-state index < -0.39 is 35.6 Å². The molecule has 3 fully saturated rings. The molecule has 7 nitrogen and oxygen atoms in total. The lowest BCUT2D eigenvalue weighted by Crippen LogP contribution is -2.65. The zero-order valence-corrected chi connectivity index (χ0v) is 23.3. The molecular weight excluding hydrogens is 460 g/mol. The number of fused-ring (bicyclic) bond motifs is 5. The summed E-state index contributed by atoms with van der Waals surface area (Å²) in [5.74, 6) is -0.930. The molecule has 3 rings (SSSR count). The van der Waals surface area contributed by atoms with Crippen LogP contribution in [-0.4, -0.2) is 57.8 Å². The number of carbonyl (C=O) groups is 2. The third-order valence-corrected chi connectivity index (χ3v) is 9.00. The maximum Gasteiger partial charge on any atom is 0.306 e. The minimum Gasteiger partial charge on any atom is -0.459 e. The first-order chi connectivity index (χ1) is 16.8. The van der Waals surface area contributed by atoms with Gasteiger partial charge in [0.2, 0.25) is 0 Å². The first kappa shape index (κ1) is 29.1. The molecule has 2 heterocycles. The van der Waals surface area contributed by atoms with E-state index >= 15 is 0 Å². The molecule has 3 aliphatic rings. The van der Waals surface area contributed by atoms with Gasteiger partial charge in [-0.1, -0.05) is 41.2 Å². The fourth-order valence-electron chi connectivity index (χ4n) is 7.48. The molecular formula is C29H48O7. The molecule has 0 radical (unpaired) electrons. The molecule has 2 bridgehead atoms. The Balaban J connectivity index is 2.12. The Morgan fingerprint density at radius 1 is 1.17 bits per heavy atom. The van der Waals surface area contributed by atoms with Gasteiger partial charge >= 0.3 is 11.9 Å². The van der Waals surface area contributed by atoms with Crippen LogP contribution in [0.5, 0.6) is 0 Å². The lowest BCUT2D eigenvalue weighted by atomic mass is 9.53. The Bertz CT molecular complexity index is 820. The van der Waals surface area contributed by atoms with Gasteiger partial charge in [-0.25, -0.2) is 0 Å². The van der Waals surface area contributed by atoms with E-state index in [2.05, 4.69) is 27.4 Å². The molecule has 1 aliphatic carbocycles. The van der Waals surface area contributed by atoms with Gasteiger partial charge in [0.1, 0.15) is 23.4 Å². The Morgan fingerprint density at radius 3 is 2.36 bits per heavy atom. The first-order valence-electron chi connectivity index (χ1n) is 13.9. The van der Waals surface area contributed by atoms with Crippen LogP contribution in [-0.2, 0) is 23.8 Å². The van der Waals surface area contributed by atoms with Crippen molar-refractivity contribution < 1.29 is 34.0 Å². The monoisotopic (exact) mass is 508 g/mol. The van der Waals surface area contributed by atoms with Crippen LogP contribution in [0.3, 0.4) is 0 Å². The van der Waals surface area contributed by atoms with Crippen molar-refractivity contribution in [3.05, 3.63) is 12.2 Å². The maximum absolute atomic E-state index is 12.8. The molecule has 10 atom stereocenters. The van der Waals surface area contributed by atoms with E-state index in [1.54, 1.807) is 6.92 Å². The summed E-state index contributed by atoms with van der Waals surface area (Å²) in [6.45, 7) is 18.0. The standard InChI is InChI=1S/C29H48O7/c1-9-11-21(31)35-26-18(6)23(16(3)4)24-25(29(26,8)33)20-15-17(5)19(30)13-14-28(7,27(24)34-20)36-22(32)12-10-2/h16,18-20,23-27,30,33H,5,9-15H2,1-4,6-8H3/t18-,19-,20+,23-,24+,25+,26+,27+,28+,29-/m0/s1. The average Bonchev–Trinajstić information content (AvgIpc) is 3.16. The van der Waals surface area contributed by atoms with Gasteiger partial charge in [0.15, 0.2) is 0 Å². The average molecular weight is 509 g/mol. The van der Waals surface area contributed by atoms with Crippen LogP contribution in [0, 0.1) is 29.6 Å². The fraction of sp³-hybridized carbons (Fsp3) is 0.862. The van der Waals surface area contributed by atoms with E-state index in [-0.39, 0.29) is 41.5 Å². The van der Waals surface area contributed by atoms with Crippen molar-refractivity contribution in [2.45, 2.75) is 129 Å². The van der Waals surface area contributed by atoms with E-state index in [4.69, 9.17) is 14.2 Å². The Hall–Kier alpha value is -1.44. The van der Waals surface area contributed by atoms with Crippen LogP contribution < -0.4 is 0 Å². The highest BCUT2D eigenvalue weighted by Crippen LogP contribution is 2.59. The SMILES string of the molecule is C=C1C[C@H]2O[C@H]([C@@H]3[C@@H](C(C)C)[C@H](C)[C@@H](OC(=O)CCC)[C@@](C)(O)[C@@H]32)[C@](C)(OC(=O)CCC)CC[C@@H]1O. The second-order valence-electron chi connectivity index (χ2n) is 12.2. The second kappa shape index (κ2) is 11.1. The summed E-state index contributed by atoms with van der Waals surface area (Å²) in [7, 11) is 0. The highest BCUT2D eigenvalue weighted by Gasteiger charge is 2.67. The number of hydrogen-bond acceptors (Lipinski definition) is 7. The van der Waals surface area contributed by atoms with Crippen LogP contribution in [0.15, 0.2) is 12.2 Å². The molecule has 2 aliphatic heterocycles. The van der Waals surface area contributed by atoms with Gasteiger partial charge in [-0.2, -0.15) is 0 Å². The summed E-state index contributed by atoms with van der Waals surface area (Å²) in [6, 6.07) is 0. The molecule has 0 amide bonds. The molecule has 206 valence electrons. The number of carbonyl (C=O) groups excluding carboxylic acids is 2. The van der Waals surface area contributed by atoms with Gasteiger partial charge in [0.25, 0.3) is 0 Å². The minimum atomic E-state index is -1.36. The number of hydrogen-bond donors (Lipinski definition) is 2. The normalized spacial score (nSPS) is 42.8. The van der Waals surface area contributed by atoms with Gasteiger partial charge in [-0.3, -0.25) is 9.59 Å². The lowest BCUT2D eigenvalue weighted by molar-refractivity contribution is -0.216. The molecule has 0 spiro atoms. The summed E-state index contributed by atoms with van der Waals surface area (Å²) < 4.78 is 18.9. The predicted molar refractivity (Wildman–Crippen MR) is 137 cm³/mol. The summed E-state index contributed by atoms with van der Waals surface area (Å²) in [6.07, 6.45) is 0.876. The van der Waals surface area contributed by atoms with E-state index in [9.17, 15) is 19.8 Å². The van der Waals surface area contributed by atoms with Crippen LogP contribution in [0.25, 0.3) is 0 Å². The van der Waals surface area contributed by atoms with Crippen molar-refractivity contribution in [3.8, 4) is 0 Å². The van der Waals surface area contributed by atoms with Crippen LogP contribution in [0.4, 0.5) is 0 Å². The quantitative estimate of drug-likeness (QED) is 0.383. The minimum absolute atomic E-state index is 0.0615. The molecule has 2 N–H and O–H groups in total. The number of esters is 2. The molecule has 1 saturated carbocycles. The summed E-state index contributed by atoms with van der Waals surface area (Å²) in [5.41, 5.74) is -1.68. The van der Waals surface area contributed by atoms with Gasteiger partial charge in [-0.15, -0.1) is 0 Å². The van der Waals surface area contributed by atoms with Gasteiger partial charge in [0.05, 0.1) is 12.2 Å². The zero-order chi connectivity index (χ0) is 27.0. The number of aliphatic hydroxyl groups is 2. The Labute approximate surface area is 217 Å². The largest absolute Gasteiger partial charge is 0.459 e. The predicted octanol–water partition coefficient (Wildman–Crippen LogP) is 4.57. The summed E-state index contributed by atoms with van der Waals surface area (Å²) in [4.78, 5) is 25.4. The Kier molecular flexibility index (Phi) is 9.00. The molecule has 0 aromatic heterocycles. The van der Waals surface area contributed by atoms with Gasteiger partial charge in [-0.05, 0) is 69.3 Å². The molecule has 36 heavy (non-hydrogen) atoms. The van der Waals surface area contributed by atoms with E-state index in [1.165, 1.54) is 0 Å². The van der Waals surface area contributed by atoms with Crippen molar-refractivity contribution in [2.75, 3.05) is 0 Å². The van der Waals surface area contributed by atoms with Crippen molar-refractivity contribution in [2.24, 2.45) is 29.6 Å². The van der Waals surface area contributed by atoms with Gasteiger partial charge in [0, 0.05) is 24.7 Å². The van der Waals surface area contributed by atoms with Crippen molar-refractivity contribution in [1.82, 2.24) is 0 Å². The maximum atomic E-state index is 12.8. The third-order valence-electron chi connectivity index (χ3n) is 9.00. The highest BCUT2D eigenvalue weighted by atomic mass is 16.6. The molecule has 2 saturated heterocycles. The zero-order valence-electron chi connectivity index (χ0n) is 23.3. The van der Waals surface area contributed by atoms with Crippen LogP contribution >= 0.6 is 0 Å². The first-order valence-corrected chi connectivity index (χ1v) is 13.9. The van der Waals surface area contributed by atoms with Crippen molar-refractivity contribution >= 4 is 11.9 Å². The van der Waals surface area contributed by atoms with E-state index in [0.29, 0.717) is 50.5 Å². The topological polar surface area (TPSA) is 102 Å². The van der Waals surface area contributed by atoms with Crippen molar-refractivity contribution in [1.29, 1.82) is 0 Å². The molecule has 0 aromatic carbocycles.